The van der Waals surface area contributed by atoms with E-state index in [1.807, 2.05) is 6.92 Å². The van der Waals surface area contributed by atoms with Crippen LogP contribution in [0, 0.1) is 0 Å². The van der Waals surface area contributed by atoms with Gasteiger partial charge in [0.15, 0.2) is 0 Å². The van der Waals surface area contributed by atoms with Crippen LogP contribution in [0.15, 0.2) is 23.1 Å². The summed E-state index contributed by atoms with van der Waals surface area (Å²) in [7, 11) is -1.14. The number of halogens is 2. The maximum Gasteiger partial charge on any atom is 0.0571 e. The molecule has 0 bridgehead atoms. The molecule has 1 aromatic rings. The Kier molecular flexibility index (Phi) is 4.38. The highest BCUT2D eigenvalue weighted by Gasteiger charge is 2.12. The van der Waals surface area contributed by atoms with E-state index in [0.29, 0.717) is 21.5 Å². The molecule has 0 fully saturated rings. The fraction of sp³-hybridized carbons (Fsp3) is 0.333. The lowest BCUT2D eigenvalue weighted by atomic mass is 10.4. The highest BCUT2D eigenvalue weighted by molar-refractivity contribution is 7.85. The fourth-order valence-electron chi connectivity index (χ4n) is 0.964. The average molecular weight is 252 g/mol. The van der Waals surface area contributed by atoms with Gasteiger partial charge < -0.3 is 5.73 Å². The Labute approximate surface area is 95.8 Å². The maximum absolute atomic E-state index is 11.8. The van der Waals surface area contributed by atoms with Crippen molar-refractivity contribution in [3.8, 4) is 0 Å². The van der Waals surface area contributed by atoms with Crippen LogP contribution in [0.4, 0.5) is 0 Å². The molecule has 0 aliphatic heterocycles. The first-order valence-corrected chi connectivity index (χ1v) is 6.08. The van der Waals surface area contributed by atoms with Crippen LogP contribution in [0.1, 0.15) is 6.92 Å². The molecule has 0 spiro atoms. The molecule has 0 aliphatic carbocycles. The number of nitrogens with two attached hydrogens (primary N) is 1. The van der Waals surface area contributed by atoms with E-state index in [-0.39, 0.29) is 5.25 Å². The summed E-state index contributed by atoms with van der Waals surface area (Å²) in [5.41, 5.74) is 5.43. The van der Waals surface area contributed by atoms with Crippen LogP contribution in [-0.4, -0.2) is 16.0 Å². The molecule has 2 nitrogen and oxygen atoms in total. The van der Waals surface area contributed by atoms with Gasteiger partial charge in [-0.05, 0) is 25.1 Å². The van der Waals surface area contributed by atoms with Gasteiger partial charge in [0, 0.05) is 26.7 Å². The summed E-state index contributed by atoms with van der Waals surface area (Å²) in [6, 6.07) is 4.91. The normalized spacial score (nSPS) is 15.1. The van der Waals surface area contributed by atoms with E-state index in [4.69, 9.17) is 28.9 Å². The van der Waals surface area contributed by atoms with Gasteiger partial charge in [-0.25, -0.2) is 0 Å². The van der Waals surface area contributed by atoms with Gasteiger partial charge >= 0.3 is 0 Å². The molecule has 0 saturated heterocycles. The lowest BCUT2D eigenvalue weighted by Crippen LogP contribution is -2.21. The van der Waals surface area contributed by atoms with E-state index < -0.39 is 10.8 Å². The third-order valence-electron chi connectivity index (χ3n) is 1.77. The molecule has 0 aromatic heterocycles. The van der Waals surface area contributed by atoms with E-state index in [2.05, 4.69) is 0 Å². The summed E-state index contributed by atoms with van der Waals surface area (Å²) in [5, 5.41) is 0.889. The smallest absolute Gasteiger partial charge is 0.0571 e. The molecule has 14 heavy (non-hydrogen) atoms. The average Bonchev–Trinajstić information content (AvgIpc) is 2.14. The van der Waals surface area contributed by atoms with Crippen molar-refractivity contribution in [1.82, 2.24) is 0 Å². The van der Waals surface area contributed by atoms with Crippen molar-refractivity contribution >= 4 is 34.0 Å². The van der Waals surface area contributed by atoms with E-state index in [0.717, 1.165) is 0 Å². The summed E-state index contributed by atoms with van der Waals surface area (Å²) in [5.74, 6) is 0. The highest BCUT2D eigenvalue weighted by atomic mass is 35.5. The van der Waals surface area contributed by atoms with Gasteiger partial charge in [-0.15, -0.1) is 0 Å². The standard InChI is InChI=1S/C9H11Cl2NOS/c1-6(5-12)14(13)9-3-7(10)2-8(11)4-9/h2-4,6H,5,12H2,1H3. The van der Waals surface area contributed by atoms with Crippen LogP contribution in [0.3, 0.4) is 0 Å². The summed E-state index contributed by atoms with van der Waals surface area (Å²) in [6.45, 7) is 2.20. The van der Waals surface area contributed by atoms with Crippen LogP contribution in [-0.2, 0) is 10.8 Å². The Hall–Kier alpha value is -0.0900. The molecule has 78 valence electrons. The zero-order chi connectivity index (χ0) is 10.7. The molecule has 1 rings (SSSR count). The summed E-state index contributed by atoms with van der Waals surface area (Å²) in [4.78, 5) is 0.625. The molecule has 0 heterocycles. The zero-order valence-corrected chi connectivity index (χ0v) is 9.99. The van der Waals surface area contributed by atoms with E-state index in [1.54, 1.807) is 18.2 Å². The van der Waals surface area contributed by atoms with Crippen molar-refractivity contribution < 1.29 is 4.21 Å². The number of rotatable bonds is 3. The largest absolute Gasteiger partial charge is 0.329 e. The predicted octanol–water partition coefficient (Wildman–Crippen LogP) is 2.45. The lowest BCUT2D eigenvalue weighted by molar-refractivity contribution is 0.673. The molecule has 1 aromatic carbocycles. The van der Waals surface area contributed by atoms with Gasteiger partial charge in [-0.1, -0.05) is 23.2 Å². The minimum absolute atomic E-state index is 0.0930. The molecular formula is C9H11Cl2NOS. The first-order chi connectivity index (χ1) is 6.54. The summed E-state index contributed by atoms with van der Waals surface area (Å²) >= 11 is 11.6. The van der Waals surface area contributed by atoms with Crippen LogP contribution < -0.4 is 5.73 Å². The Bertz CT molecular complexity index is 336. The summed E-state index contributed by atoms with van der Waals surface area (Å²) in [6.07, 6.45) is 0. The Morgan fingerprint density at radius 2 is 1.86 bits per heavy atom. The van der Waals surface area contributed by atoms with Crippen molar-refractivity contribution in [2.45, 2.75) is 17.1 Å². The van der Waals surface area contributed by atoms with Gasteiger partial charge in [-0.3, -0.25) is 4.21 Å². The molecular weight excluding hydrogens is 241 g/mol. The Morgan fingerprint density at radius 3 is 2.29 bits per heavy atom. The molecule has 0 radical (unpaired) electrons. The first kappa shape index (κ1) is 12.0. The third-order valence-corrected chi connectivity index (χ3v) is 3.83. The molecule has 2 N–H and O–H groups in total. The minimum Gasteiger partial charge on any atom is -0.329 e. The Morgan fingerprint density at radius 1 is 1.36 bits per heavy atom. The van der Waals surface area contributed by atoms with E-state index in [9.17, 15) is 4.21 Å². The molecule has 0 saturated carbocycles. The Balaban J connectivity index is 3.01. The van der Waals surface area contributed by atoms with Crippen molar-refractivity contribution in [3.63, 3.8) is 0 Å². The molecule has 0 amide bonds. The third kappa shape index (κ3) is 2.95. The molecule has 2 atom stereocenters. The van der Waals surface area contributed by atoms with Crippen molar-refractivity contribution in [3.05, 3.63) is 28.2 Å². The van der Waals surface area contributed by atoms with Gasteiger partial charge in [0.05, 0.1) is 10.8 Å². The maximum atomic E-state index is 11.8. The zero-order valence-electron chi connectivity index (χ0n) is 7.67. The fourth-order valence-corrected chi connectivity index (χ4v) is 2.75. The molecule has 2 unspecified atom stereocenters. The van der Waals surface area contributed by atoms with Crippen LogP contribution >= 0.6 is 23.2 Å². The first-order valence-electron chi connectivity index (χ1n) is 4.11. The van der Waals surface area contributed by atoms with E-state index in [1.165, 1.54) is 0 Å². The van der Waals surface area contributed by atoms with E-state index >= 15 is 0 Å². The number of hydrogen-bond acceptors (Lipinski definition) is 2. The summed E-state index contributed by atoms with van der Waals surface area (Å²) < 4.78 is 11.8. The number of benzene rings is 1. The van der Waals surface area contributed by atoms with Crippen LogP contribution in [0.5, 0.6) is 0 Å². The lowest BCUT2D eigenvalue weighted by Gasteiger charge is -2.09. The SMILES string of the molecule is CC(CN)S(=O)c1cc(Cl)cc(Cl)c1. The minimum atomic E-state index is -1.14. The monoisotopic (exact) mass is 251 g/mol. The topological polar surface area (TPSA) is 43.1 Å². The van der Waals surface area contributed by atoms with Crippen molar-refractivity contribution in [1.29, 1.82) is 0 Å². The quantitative estimate of drug-likeness (QED) is 0.897. The van der Waals surface area contributed by atoms with Crippen molar-refractivity contribution in [2.75, 3.05) is 6.54 Å². The van der Waals surface area contributed by atoms with Crippen LogP contribution in [0.2, 0.25) is 10.0 Å². The predicted molar refractivity (Wildman–Crippen MR) is 61.4 cm³/mol. The highest BCUT2D eigenvalue weighted by Crippen LogP contribution is 2.22. The van der Waals surface area contributed by atoms with Crippen molar-refractivity contribution in [2.24, 2.45) is 5.73 Å². The second-order valence-electron chi connectivity index (χ2n) is 2.95. The molecule has 0 aliphatic rings. The second-order valence-corrected chi connectivity index (χ2v) is 5.69. The second kappa shape index (κ2) is 5.12. The number of hydrogen-bond donors (Lipinski definition) is 1. The molecule has 5 heteroatoms. The van der Waals surface area contributed by atoms with Crippen LogP contribution in [0.25, 0.3) is 0 Å². The van der Waals surface area contributed by atoms with Gasteiger partial charge in [0.2, 0.25) is 0 Å². The van der Waals surface area contributed by atoms with Gasteiger partial charge in [0.25, 0.3) is 0 Å². The van der Waals surface area contributed by atoms with Gasteiger partial charge in [0.1, 0.15) is 0 Å². The van der Waals surface area contributed by atoms with Gasteiger partial charge in [-0.2, -0.15) is 0 Å².